The molecule has 0 aliphatic carbocycles. The lowest BCUT2D eigenvalue weighted by Crippen LogP contribution is -2.32. The molecule has 0 radical (unpaired) electrons. The molecule has 0 aliphatic heterocycles. The number of ether oxygens (including phenoxy) is 1. The summed E-state index contributed by atoms with van der Waals surface area (Å²) in [4.78, 5) is 14.7. The van der Waals surface area contributed by atoms with Gasteiger partial charge >= 0.3 is 0 Å². The Morgan fingerprint density at radius 3 is 2.83 bits per heavy atom. The van der Waals surface area contributed by atoms with E-state index in [2.05, 4.69) is 23.3 Å². The lowest BCUT2D eigenvalue weighted by atomic mass is 10.1. The minimum atomic E-state index is -0.582. The third kappa shape index (κ3) is 5.46. The maximum atomic E-state index is 11.3. The van der Waals surface area contributed by atoms with Crippen LogP contribution in [0, 0.1) is 6.92 Å². The van der Waals surface area contributed by atoms with Crippen LogP contribution < -0.4 is 4.74 Å². The highest BCUT2D eigenvalue weighted by Gasteiger charge is 2.11. The monoisotopic (exact) mass is 333 g/mol. The normalized spacial score (nSPS) is 12.4. The number of aliphatic hydroxyl groups is 1. The van der Waals surface area contributed by atoms with Crippen molar-refractivity contribution in [2.24, 2.45) is 0 Å². The molecule has 1 N–H and O–H groups in total. The first kappa shape index (κ1) is 17.7. The molecule has 1 heterocycles. The number of aliphatic hydroxyl groups excluding tert-OH is 1. The number of rotatable bonds is 8. The van der Waals surface area contributed by atoms with Crippen molar-refractivity contribution in [3.63, 3.8) is 0 Å². The van der Waals surface area contributed by atoms with Crippen molar-refractivity contribution < 1.29 is 14.6 Å². The number of likely N-dealkylation sites (N-methyl/N-ethyl adjacent to an activating group) is 1. The molecule has 4 nitrogen and oxygen atoms in total. The number of carbonyl (C=O) groups is 1. The summed E-state index contributed by atoms with van der Waals surface area (Å²) in [7, 11) is 1.98. The summed E-state index contributed by atoms with van der Waals surface area (Å²) in [5, 5.41) is 12.2. The van der Waals surface area contributed by atoms with E-state index in [0.717, 1.165) is 6.54 Å². The minimum Gasteiger partial charge on any atom is -0.491 e. The fourth-order valence-electron chi connectivity index (χ4n) is 2.29. The number of aryl methyl sites for hydroxylation is 1. The van der Waals surface area contributed by atoms with Crippen molar-refractivity contribution in [2.45, 2.75) is 26.5 Å². The molecule has 0 aliphatic rings. The van der Waals surface area contributed by atoms with E-state index in [1.54, 1.807) is 35.6 Å². The van der Waals surface area contributed by atoms with E-state index in [0.29, 0.717) is 17.9 Å². The van der Waals surface area contributed by atoms with Gasteiger partial charge in [-0.15, -0.1) is 11.3 Å². The minimum absolute atomic E-state index is 0.00190. The fraction of sp³-hybridized carbons (Fsp3) is 0.389. The maximum Gasteiger partial charge on any atom is 0.159 e. The van der Waals surface area contributed by atoms with Gasteiger partial charge in [-0.25, -0.2) is 0 Å². The molecule has 0 spiro atoms. The largest absolute Gasteiger partial charge is 0.491 e. The van der Waals surface area contributed by atoms with Gasteiger partial charge in [-0.2, -0.15) is 0 Å². The third-order valence-corrected chi connectivity index (χ3v) is 4.59. The first-order chi connectivity index (χ1) is 11.0. The summed E-state index contributed by atoms with van der Waals surface area (Å²) in [6.45, 7) is 5.18. The Morgan fingerprint density at radius 2 is 2.17 bits per heavy atom. The first-order valence-corrected chi connectivity index (χ1v) is 8.47. The Morgan fingerprint density at radius 1 is 1.39 bits per heavy atom. The summed E-state index contributed by atoms with van der Waals surface area (Å²) >= 11 is 1.73. The van der Waals surface area contributed by atoms with Crippen LogP contribution in [0.5, 0.6) is 5.75 Å². The van der Waals surface area contributed by atoms with Crippen LogP contribution >= 0.6 is 11.3 Å². The molecule has 0 bridgehead atoms. The molecule has 1 aromatic carbocycles. The van der Waals surface area contributed by atoms with E-state index in [-0.39, 0.29) is 12.4 Å². The number of benzene rings is 1. The lowest BCUT2D eigenvalue weighted by Gasteiger charge is -2.20. The molecule has 1 atom stereocenters. The standard InChI is InChI=1S/C18H23NO3S/c1-13-7-8-23-18(13)11-19(3)10-16(21)12-22-17-6-4-5-15(9-17)14(2)20/h4-9,16,21H,10-12H2,1-3H3. The highest BCUT2D eigenvalue weighted by Crippen LogP contribution is 2.17. The van der Waals surface area contributed by atoms with Crippen molar-refractivity contribution in [3.05, 3.63) is 51.7 Å². The van der Waals surface area contributed by atoms with Gasteiger partial charge in [0, 0.05) is 23.5 Å². The second-order valence-electron chi connectivity index (χ2n) is 5.77. The van der Waals surface area contributed by atoms with Crippen molar-refractivity contribution in [3.8, 4) is 5.75 Å². The number of nitrogens with zero attached hydrogens (tertiary/aromatic N) is 1. The number of hydrogen-bond donors (Lipinski definition) is 1. The molecule has 0 saturated heterocycles. The van der Waals surface area contributed by atoms with E-state index in [4.69, 9.17) is 4.74 Å². The van der Waals surface area contributed by atoms with Crippen LogP contribution in [0.4, 0.5) is 0 Å². The molecule has 23 heavy (non-hydrogen) atoms. The van der Waals surface area contributed by atoms with Gasteiger partial charge in [0.05, 0.1) is 0 Å². The number of hydrogen-bond acceptors (Lipinski definition) is 5. The van der Waals surface area contributed by atoms with Gasteiger partial charge in [0.2, 0.25) is 0 Å². The fourth-order valence-corrected chi connectivity index (χ4v) is 3.27. The molecule has 124 valence electrons. The number of carbonyl (C=O) groups excluding carboxylic acids is 1. The molecule has 1 unspecified atom stereocenters. The zero-order valence-corrected chi connectivity index (χ0v) is 14.6. The van der Waals surface area contributed by atoms with Crippen LogP contribution in [0.25, 0.3) is 0 Å². The summed E-state index contributed by atoms with van der Waals surface area (Å²) in [5.41, 5.74) is 1.90. The van der Waals surface area contributed by atoms with Crippen LogP contribution in [0.15, 0.2) is 35.7 Å². The van der Waals surface area contributed by atoms with Crippen LogP contribution in [0.2, 0.25) is 0 Å². The summed E-state index contributed by atoms with van der Waals surface area (Å²) in [5.74, 6) is 0.607. The van der Waals surface area contributed by atoms with Gasteiger partial charge in [0.1, 0.15) is 18.5 Å². The molecule has 5 heteroatoms. The van der Waals surface area contributed by atoms with Gasteiger partial charge in [0.15, 0.2) is 5.78 Å². The first-order valence-electron chi connectivity index (χ1n) is 7.59. The topological polar surface area (TPSA) is 49.8 Å². The molecule has 2 rings (SSSR count). The van der Waals surface area contributed by atoms with Crippen molar-refractivity contribution in [2.75, 3.05) is 20.2 Å². The smallest absolute Gasteiger partial charge is 0.159 e. The summed E-state index contributed by atoms with van der Waals surface area (Å²) in [6.07, 6.45) is -0.582. The number of ketones is 1. The second-order valence-corrected chi connectivity index (χ2v) is 6.77. The molecular formula is C18H23NO3S. The molecule has 0 fully saturated rings. The quantitative estimate of drug-likeness (QED) is 0.754. The van der Waals surface area contributed by atoms with Crippen LogP contribution in [-0.4, -0.2) is 42.1 Å². The van der Waals surface area contributed by atoms with Crippen LogP contribution in [0.1, 0.15) is 27.7 Å². The number of thiophene rings is 1. The Kier molecular flexibility index (Phi) is 6.33. The van der Waals surface area contributed by atoms with E-state index >= 15 is 0 Å². The molecule has 0 amide bonds. The molecule has 1 aromatic heterocycles. The van der Waals surface area contributed by atoms with E-state index in [1.165, 1.54) is 17.4 Å². The second kappa shape index (κ2) is 8.24. The zero-order chi connectivity index (χ0) is 16.8. The maximum absolute atomic E-state index is 11.3. The van der Waals surface area contributed by atoms with Crippen LogP contribution in [-0.2, 0) is 6.54 Å². The van der Waals surface area contributed by atoms with Crippen molar-refractivity contribution in [1.82, 2.24) is 4.90 Å². The van der Waals surface area contributed by atoms with E-state index < -0.39 is 6.10 Å². The van der Waals surface area contributed by atoms with Crippen molar-refractivity contribution >= 4 is 17.1 Å². The molecule has 0 saturated carbocycles. The predicted octanol–water partition coefficient (Wildman–Crippen LogP) is 3.13. The average Bonchev–Trinajstić information content (AvgIpc) is 2.90. The Bertz CT molecular complexity index is 653. The van der Waals surface area contributed by atoms with Gasteiger partial charge in [-0.1, -0.05) is 12.1 Å². The SMILES string of the molecule is CC(=O)c1cccc(OCC(O)CN(C)Cc2sccc2C)c1. The lowest BCUT2D eigenvalue weighted by molar-refractivity contribution is 0.0746. The Hall–Kier alpha value is -1.69. The highest BCUT2D eigenvalue weighted by atomic mass is 32.1. The molecular weight excluding hydrogens is 310 g/mol. The van der Waals surface area contributed by atoms with Gasteiger partial charge < -0.3 is 9.84 Å². The van der Waals surface area contributed by atoms with Gasteiger partial charge in [-0.05, 0) is 50.0 Å². The Labute approximate surface area is 141 Å². The van der Waals surface area contributed by atoms with Crippen LogP contribution in [0.3, 0.4) is 0 Å². The highest BCUT2D eigenvalue weighted by molar-refractivity contribution is 7.10. The summed E-state index contributed by atoms with van der Waals surface area (Å²) in [6, 6.07) is 9.13. The Balaban J connectivity index is 1.80. The zero-order valence-electron chi connectivity index (χ0n) is 13.8. The van der Waals surface area contributed by atoms with E-state index in [9.17, 15) is 9.90 Å². The molecule has 2 aromatic rings. The third-order valence-electron chi connectivity index (χ3n) is 3.59. The average molecular weight is 333 g/mol. The van der Waals surface area contributed by atoms with E-state index in [1.807, 2.05) is 7.05 Å². The number of Topliss-reactive ketones (excluding diaryl/α,β-unsaturated/α-hetero) is 1. The van der Waals surface area contributed by atoms with Gasteiger partial charge in [-0.3, -0.25) is 9.69 Å². The predicted molar refractivity (Wildman–Crippen MR) is 93.3 cm³/mol. The van der Waals surface area contributed by atoms with Gasteiger partial charge in [0.25, 0.3) is 0 Å². The van der Waals surface area contributed by atoms with Crippen molar-refractivity contribution in [1.29, 1.82) is 0 Å². The summed E-state index contributed by atoms with van der Waals surface area (Å²) < 4.78 is 5.59.